The smallest absolute Gasteiger partial charge is 0.319 e. The van der Waals surface area contributed by atoms with Crippen LogP contribution < -0.4 is 16.0 Å². The molecule has 8 nitrogen and oxygen atoms in total. The fraction of sp³-hybridized carbons (Fsp3) is 0.286. The number of carbonyl (C=O) groups is 1. The summed E-state index contributed by atoms with van der Waals surface area (Å²) in [5.74, 6) is 1.13. The van der Waals surface area contributed by atoms with E-state index >= 15 is 0 Å². The molecule has 4 rings (SSSR count). The van der Waals surface area contributed by atoms with E-state index in [4.69, 9.17) is 21.8 Å². The van der Waals surface area contributed by atoms with E-state index < -0.39 is 0 Å². The summed E-state index contributed by atoms with van der Waals surface area (Å²) in [5.41, 5.74) is 3.36. The van der Waals surface area contributed by atoms with Crippen LogP contribution in [-0.2, 0) is 6.54 Å². The molecule has 0 bridgehead atoms. The van der Waals surface area contributed by atoms with Gasteiger partial charge in [-0.15, -0.1) is 0 Å². The SMILES string of the molecule is O=C(NCc1cc(C2CC2)nn1-c1cccc(Cl)c1)Nc1ccc(NCCO)nc1. The van der Waals surface area contributed by atoms with Crippen LogP contribution in [-0.4, -0.2) is 39.1 Å². The maximum Gasteiger partial charge on any atom is 0.319 e. The van der Waals surface area contributed by atoms with Gasteiger partial charge in [-0.1, -0.05) is 17.7 Å². The lowest BCUT2D eigenvalue weighted by Gasteiger charge is -2.10. The minimum absolute atomic E-state index is 0.0261. The third kappa shape index (κ3) is 5.08. The van der Waals surface area contributed by atoms with Gasteiger partial charge in [0.25, 0.3) is 0 Å². The van der Waals surface area contributed by atoms with Crippen molar-refractivity contribution in [2.75, 3.05) is 23.8 Å². The Kier molecular flexibility index (Phi) is 6.15. The zero-order valence-electron chi connectivity index (χ0n) is 16.3. The molecule has 4 N–H and O–H groups in total. The summed E-state index contributed by atoms with van der Waals surface area (Å²) in [6.07, 6.45) is 3.85. The second-order valence-electron chi connectivity index (χ2n) is 7.12. The van der Waals surface area contributed by atoms with Gasteiger partial charge in [-0.3, -0.25) is 0 Å². The molecule has 0 radical (unpaired) electrons. The van der Waals surface area contributed by atoms with Gasteiger partial charge in [-0.2, -0.15) is 5.10 Å². The Morgan fingerprint density at radius 3 is 2.80 bits per heavy atom. The van der Waals surface area contributed by atoms with Crippen molar-refractivity contribution < 1.29 is 9.90 Å². The van der Waals surface area contributed by atoms with E-state index in [0.29, 0.717) is 35.5 Å². The number of pyridine rings is 1. The van der Waals surface area contributed by atoms with Crippen LogP contribution in [0.4, 0.5) is 16.3 Å². The summed E-state index contributed by atoms with van der Waals surface area (Å²) in [5, 5.41) is 22.8. The fourth-order valence-corrected chi connectivity index (χ4v) is 3.26. The van der Waals surface area contributed by atoms with Gasteiger partial charge in [0.2, 0.25) is 0 Å². The fourth-order valence-electron chi connectivity index (χ4n) is 3.08. The lowest BCUT2D eigenvalue weighted by molar-refractivity contribution is 0.251. The van der Waals surface area contributed by atoms with Crippen molar-refractivity contribution in [1.82, 2.24) is 20.1 Å². The van der Waals surface area contributed by atoms with Crippen LogP contribution in [0.1, 0.15) is 30.1 Å². The first-order valence-corrected chi connectivity index (χ1v) is 10.2. The molecule has 1 aliphatic carbocycles. The van der Waals surface area contributed by atoms with Crippen molar-refractivity contribution in [3.8, 4) is 5.69 Å². The first kappa shape index (κ1) is 20.2. The molecule has 0 saturated heterocycles. The maximum atomic E-state index is 12.3. The Labute approximate surface area is 179 Å². The van der Waals surface area contributed by atoms with Crippen LogP contribution >= 0.6 is 11.6 Å². The van der Waals surface area contributed by atoms with Crippen molar-refractivity contribution >= 4 is 29.1 Å². The number of urea groups is 1. The highest BCUT2D eigenvalue weighted by atomic mass is 35.5. The Bertz CT molecular complexity index is 1020. The first-order valence-electron chi connectivity index (χ1n) is 9.83. The first-order chi connectivity index (χ1) is 14.6. The lowest BCUT2D eigenvalue weighted by Crippen LogP contribution is -2.29. The highest BCUT2D eigenvalue weighted by Gasteiger charge is 2.27. The van der Waals surface area contributed by atoms with Crippen LogP contribution in [0.5, 0.6) is 0 Å². The number of benzene rings is 1. The van der Waals surface area contributed by atoms with E-state index in [1.165, 1.54) is 0 Å². The quantitative estimate of drug-likeness (QED) is 0.441. The molecule has 30 heavy (non-hydrogen) atoms. The lowest BCUT2D eigenvalue weighted by atomic mass is 10.2. The predicted octanol–water partition coefficient (Wildman–Crippen LogP) is 3.52. The highest BCUT2D eigenvalue weighted by molar-refractivity contribution is 6.30. The van der Waals surface area contributed by atoms with E-state index in [0.717, 1.165) is 29.9 Å². The van der Waals surface area contributed by atoms with Crippen molar-refractivity contribution in [1.29, 1.82) is 0 Å². The van der Waals surface area contributed by atoms with Crippen LogP contribution in [0.25, 0.3) is 5.69 Å². The van der Waals surface area contributed by atoms with Crippen LogP contribution in [0.15, 0.2) is 48.7 Å². The van der Waals surface area contributed by atoms with Crippen LogP contribution in [0.3, 0.4) is 0 Å². The minimum atomic E-state index is -0.334. The van der Waals surface area contributed by atoms with E-state index in [1.54, 1.807) is 18.3 Å². The standard InChI is InChI=1S/C21H23ClN6O2/c22-15-2-1-3-17(10-15)28-18(11-19(27-28)14-4-5-14)13-25-21(30)26-16-6-7-20(24-12-16)23-8-9-29/h1-3,6-7,10-12,14,29H,4-5,8-9,13H2,(H,23,24)(H2,25,26,30). The molecule has 0 atom stereocenters. The Morgan fingerprint density at radius 2 is 2.10 bits per heavy atom. The number of aromatic nitrogens is 3. The number of nitrogens with zero attached hydrogens (tertiary/aromatic N) is 3. The van der Waals surface area contributed by atoms with Gasteiger partial charge in [0.05, 0.1) is 42.1 Å². The number of nitrogens with one attached hydrogen (secondary N) is 3. The van der Waals surface area contributed by atoms with E-state index in [2.05, 4.69) is 20.9 Å². The van der Waals surface area contributed by atoms with Gasteiger partial charge in [0.1, 0.15) is 5.82 Å². The molecule has 2 aromatic heterocycles. The van der Waals surface area contributed by atoms with E-state index in [-0.39, 0.29) is 12.6 Å². The zero-order chi connectivity index (χ0) is 20.9. The molecule has 2 amide bonds. The molecule has 1 fully saturated rings. The molecule has 0 spiro atoms. The third-order valence-electron chi connectivity index (χ3n) is 4.72. The monoisotopic (exact) mass is 426 g/mol. The van der Waals surface area contributed by atoms with E-state index in [1.807, 2.05) is 35.0 Å². The van der Waals surface area contributed by atoms with Crippen molar-refractivity contribution in [3.63, 3.8) is 0 Å². The van der Waals surface area contributed by atoms with Gasteiger partial charge in [-0.05, 0) is 49.2 Å². The van der Waals surface area contributed by atoms with Crippen LogP contribution in [0, 0.1) is 0 Å². The highest BCUT2D eigenvalue weighted by Crippen LogP contribution is 2.39. The average molecular weight is 427 g/mol. The molecule has 2 heterocycles. The number of rotatable bonds is 8. The molecular formula is C21H23ClN6O2. The molecule has 0 aliphatic heterocycles. The normalized spacial score (nSPS) is 13.1. The van der Waals surface area contributed by atoms with Crippen LogP contribution in [0.2, 0.25) is 5.02 Å². The molecule has 0 unspecified atom stereocenters. The summed E-state index contributed by atoms with van der Waals surface area (Å²) in [6.45, 7) is 0.767. The summed E-state index contributed by atoms with van der Waals surface area (Å²) < 4.78 is 1.84. The van der Waals surface area contributed by atoms with Gasteiger partial charge in [-0.25, -0.2) is 14.5 Å². The number of halogens is 1. The van der Waals surface area contributed by atoms with Crippen molar-refractivity contribution in [2.45, 2.75) is 25.3 Å². The predicted molar refractivity (Wildman–Crippen MR) is 116 cm³/mol. The largest absolute Gasteiger partial charge is 0.395 e. The number of amides is 2. The molecule has 1 saturated carbocycles. The van der Waals surface area contributed by atoms with Gasteiger partial charge < -0.3 is 21.1 Å². The Balaban J connectivity index is 1.41. The van der Waals surface area contributed by atoms with Gasteiger partial charge in [0.15, 0.2) is 0 Å². The Morgan fingerprint density at radius 1 is 1.23 bits per heavy atom. The summed E-state index contributed by atoms with van der Waals surface area (Å²) in [7, 11) is 0. The number of carbonyl (C=O) groups excluding carboxylic acids is 1. The topological polar surface area (TPSA) is 104 Å². The molecule has 9 heteroatoms. The molecule has 156 valence electrons. The summed E-state index contributed by atoms with van der Waals surface area (Å²) in [6, 6.07) is 12.7. The minimum Gasteiger partial charge on any atom is -0.395 e. The molecule has 3 aromatic rings. The summed E-state index contributed by atoms with van der Waals surface area (Å²) in [4.78, 5) is 16.5. The Hall–Kier alpha value is -3.10. The maximum absolute atomic E-state index is 12.3. The molecule has 1 aliphatic rings. The average Bonchev–Trinajstić information content (AvgIpc) is 3.51. The van der Waals surface area contributed by atoms with Crippen molar-refractivity contribution in [3.05, 3.63) is 65.1 Å². The zero-order valence-corrected chi connectivity index (χ0v) is 17.1. The number of aliphatic hydroxyl groups is 1. The van der Waals surface area contributed by atoms with Gasteiger partial charge >= 0.3 is 6.03 Å². The second-order valence-corrected chi connectivity index (χ2v) is 7.55. The molecule has 1 aromatic carbocycles. The third-order valence-corrected chi connectivity index (χ3v) is 4.95. The summed E-state index contributed by atoms with van der Waals surface area (Å²) >= 11 is 6.14. The number of anilines is 2. The second kappa shape index (κ2) is 9.15. The van der Waals surface area contributed by atoms with Crippen molar-refractivity contribution in [2.24, 2.45) is 0 Å². The van der Waals surface area contributed by atoms with E-state index in [9.17, 15) is 4.79 Å². The van der Waals surface area contributed by atoms with Gasteiger partial charge in [0, 0.05) is 17.5 Å². The molecular weight excluding hydrogens is 404 g/mol. The number of hydrogen-bond acceptors (Lipinski definition) is 5. The number of aliphatic hydroxyl groups excluding tert-OH is 1. The number of hydrogen-bond donors (Lipinski definition) is 4.